The second-order valence-corrected chi connectivity index (χ2v) is 5.20. The topological polar surface area (TPSA) is 72.5 Å². The van der Waals surface area contributed by atoms with E-state index in [2.05, 4.69) is 20.4 Å². The molecule has 6 nitrogen and oxygen atoms in total. The summed E-state index contributed by atoms with van der Waals surface area (Å²) in [4.78, 5) is 16.5. The number of hydrogen-bond acceptors (Lipinski definition) is 4. The van der Waals surface area contributed by atoms with Crippen LogP contribution in [0.25, 0.3) is 10.9 Å². The lowest BCUT2D eigenvalue weighted by Gasteiger charge is -2.13. The summed E-state index contributed by atoms with van der Waals surface area (Å²) in [5.74, 6) is -0.0401. The molecule has 0 spiro atoms. The average Bonchev–Trinajstić information content (AvgIpc) is 2.62. The molecule has 0 radical (unpaired) electrons. The van der Waals surface area contributed by atoms with Gasteiger partial charge in [-0.3, -0.25) is 4.98 Å². The number of nitrogens with zero attached hydrogens (tertiary/aromatic N) is 1. The van der Waals surface area contributed by atoms with E-state index in [4.69, 9.17) is 4.74 Å². The van der Waals surface area contributed by atoms with Crippen LogP contribution < -0.4 is 20.1 Å². The van der Waals surface area contributed by atoms with Crippen molar-refractivity contribution in [2.45, 2.75) is 6.61 Å². The number of aromatic nitrogens is 1. The van der Waals surface area contributed by atoms with Crippen molar-refractivity contribution in [3.05, 3.63) is 54.7 Å². The number of hydrogen-bond donors (Lipinski definition) is 2. The normalized spacial score (nSPS) is 10.6. The lowest BCUT2D eigenvalue weighted by molar-refractivity contribution is -0.0511. The molecule has 2 aromatic carbocycles. The van der Waals surface area contributed by atoms with Crippen molar-refractivity contribution in [2.24, 2.45) is 0 Å². The number of ether oxygens (including phenoxy) is 2. The first-order valence-corrected chi connectivity index (χ1v) is 7.61. The number of fused-ring (bicyclic) bond motifs is 1. The largest absolute Gasteiger partial charge is 0.493 e. The second kappa shape index (κ2) is 7.64. The number of carbonyl (C=O) groups excluding carboxylic acids is 1. The van der Waals surface area contributed by atoms with Crippen molar-refractivity contribution in [1.82, 2.24) is 4.98 Å². The Balaban J connectivity index is 1.77. The number of alkyl halides is 2. The molecule has 2 N–H and O–H groups in total. The maximum Gasteiger partial charge on any atom is 0.387 e. The molecule has 1 heterocycles. The SMILES string of the molecule is COc1ccc(NC(=O)Nc2cccc3cccnc23)cc1OC(F)F. The summed E-state index contributed by atoms with van der Waals surface area (Å²) in [7, 11) is 1.33. The van der Waals surface area contributed by atoms with Crippen LogP contribution in [0.3, 0.4) is 0 Å². The highest BCUT2D eigenvalue weighted by molar-refractivity contribution is 6.05. The van der Waals surface area contributed by atoms with Gasteiger partial charge in [0.2, 0.25) is 0 Å². The molecule has 0 fully saturated rings. The smallest absolute Gasteiger partial charge is 0.387 e. The molecule has 0 aliphatic carbocycles. The van der Waals surface area contributed by atoms with E-state index in [1.165, 1.54) is 25.3 Å². The minimum Gasteiger partial charge on any atom is -0.493 e. The molecule has 0 unspecified atom stereocenters. The van der Waals surface area contributed by atoms with Gasteiger partial charge in [-0.15, -0.1) is 0 Å². The molecule has 134 valence electrons. The Hall–Kier alpha value is -3.42. The molecular weight excluding hydrogens is 344 g/mol. The van der Waals surface area contributed by atoms with Gasteiger partial charge in [-0.05, 0) is 24.3 Å². The highest BCUT2D eigenvalue weighted by Crippen LogP contribution is 2.31. The number of anilines is 2. The van der Waals surface area contributed by atoms with E-state index in [-0.39, 0.29) is 17.2 Å². The molecule has 0 saturated heterocycles. The standard InChI is InChI=1S/C18H15F2N3O3/c1-25-14-8-7-12(10-15(14)26-17(19)20)22-18(24)23-13-6-2-4-11-5-3-9-21-16(11)13/h2-10,17H,1H3,(H2,22,23,24). The zero-order valence-corrected chi connectivity index (χ0v) is 13.7. The Labute approximate surface area is 147 Å². The summed E-state index contributed by atoms with van der Waals surface area (Å²) in [6, 6.07) is 12.7. The number of rotatable bonds is 5. The maximum atomic E-state index is 12.5. The van der Waals surface area contributed by atoms with Gasteiger partial charge in [-0.25, -0.2) is 4.79 Å². The molecule has 0 aliphatic heterocycles. The van der Waals surface area contributed by atoms with Gasteiger partial charge in [-0.2, -0.15) is 8.78 Å². The summed E-state index contributed by atoms with van der Waals surface area (Å²) < 4.78 is 34.3. The van der Waals surface area contributed by atoms with Crippen LogP contribution >= 0.6 is 0 Å². The zero-order chi connectivity index (χ0) is 18.5. The van der Waals surface area contributed by atoms with Gasteiger partial charge in [0, 0.05) is 23.3 Å². The fourth-order valence-electron chi connectivity index (χ4n) is 2.43. The Morgan fingerprint density at radius 1 is 1.08 bits per heavy atom. The number of methoxy groups -OCH3 is 1. The molecule has 1 aromatic heterocycles. The molecule has 0 saturated carbocycles. The van der Waals surface area contributed by atoms with Crippen molar-refractivity contribution < 1.29 is 23.0 Å². The number of nitrogens with one attached hydrogen (secondary N) is 2. The van der Waals surface area contributed by atoms with E-state index < -0.39 is 12.6 Å². The summed E-state index contributed by atoms with van der Waals surface area (Å²) in [5.41, 5.74) is 1.44. The van der Waals surface area contributed by atoms with E-state index in [9.17, 15) is 13.6 Å². The molecule has 0 aliphatic rings. The van der Waals surface area contributed by atoms with Gasteiger partial charge in [0.05, 0.1) is 18.3 Å². The molecule has 8 heteroatoms. The van der Waals surface area contributed by atoms with Crippen LogP contribution in [0.4, 0.5) is 25.0 Å². The number of halogens is 2. The molecule has 2 amide bonds. The van der Waals surface area contributed by atoms with Crippen LogP contribution in [0.1, 0.15) is 0 Å². The number of para-hydroxylation sites is 1. The molecular formula is C18H15F2N3O3. The van der Waals surface area contributed by atoms with Gasteiger partial charge in [-0.1, -0.05) is 18.2 Å². The highest BCUT2D eigenvalue weighted by atomic mass is 19.3. The number of pyridine rings is 1. The van der Waals surface area contributed by atoms with Gasteiger partial charge in [0.15, 0.2) is 11.5 Å². The Morgan fingerprint density at radius 3 is 2.65 bits per heavy atom. The molecule has 0 bridgehead atoms. The van der Waals surface area contributed by atoms with Crippen LogP contribution in [0, 0.1) is 0 Å². The molecule has 3 aromatic rings. The van der Waals surface area contributed by atoms with Crippen molar-refractivity contribution in [2.75, 3.05) is 17.7 Å². The van der Waals surface area contributed by atoms with E-state index in [1.807, 2.05) is 12.1 Å². The van der Waals surface area contributed by atoms with Crippen LogP contribution in [0.15, 0.2) is 54.7 Å². The van der Waals surface area contributed by atoms with Crippen LogP contribution in [0.2, 0.25) is 0 Å². The third-order valence-electron chi connectivity index (χ3n) is 3.52. The molecule has 3 rings (SSSR count). The molecule has 0 atom stereocenters. The zero-order valence-electron chi connectivity index (χ0n) is 13.7. The van der Waals surface area contributed by atoms with Gasteiger partial charge in [0.1, 0.15) is 0 Å². The van der Waals surface area contributed by atoms with Gasteiger partial charge >= 0.3 is 12.6 Å². The van der Waals surface area contributed by atoms with Crippen molar-refractivity contribution >= 4 is 28.3 Å². The van der Waals surface area contributed by atoms with Crippen molar-refractivity contribution in [3.8, 4) is 11.5 Å². The lowest BCUT2D eigenvalue weighted by Crippen LogP contribution is -2.19. The minimum absolute atomic E-state index is 0.134. The second-order valence-electron chi connectivity index (χ2n) is 5.20. The van der Waals surface area contributed by atoms with E-state index in [1.54, 1.807) is 24.4 Å². The van der Waals surface area contributed by atoms with E-state index >= 15 is 0 Å². The lowest BCUT2D eigenvalue weighted by atomic mass is 10.2. The summed E-state index contributed by atoms with van der Waals surface area (Å²) >= 11 is 0. The van der Waals surface area contributed by atoms with Crippen LogP contribution in [0.5, 0.6) is 11.5 Å². The average molecular weight is 359 g/mol. The third kappa shape index (κ3) is 3.97. The fraction of sp³-hybridized carbons (Fsp3) is 0.111. The number of carbonyl (C=O) groups is 1. The first-order valence-electron chi connectivity index (χ1n) is 7.61. The fourth-order valence-corrected chi connectivity index (χ4v) is 2.43. The number of benzene rings is 2. The molecule has 26 heavy (non-hydrogen) atoms. The number of urea groups is 1. The predicted molar refractivity (Wildman–Crippen MR) is 94.0 cm³/mol. The van der Waals surface area contributed by atoms with Crippen LogP contribution in [-0.4, -0.2) is 24.7 Å². The minimum atomic E-state index is -3.00. The quantitative estimate of drug-likeness (QED) is 0.704. The Bertz CT molecular complexity index is 929. The summed E-state index contributed by atoms with van der Waals surface area (Å²) in [6.07, 6.45) is 1.63. The van der Waals surface area contributed by atoms with Crippen molar-refractivity contribution in [1.29, 1.82) is 0 Å². The highest BCUT2D eigenvalue weighted by Gasteiger charge is 2.13. The monoisotopic (exact) mass is 359 g/mol. The number of amides is 2. The maximum absolute atomic E-state index is 12.5. The van der Waals surface area contributed by atoms with Gasteiger partial charge in [0.25, 0.3) is 0 Å². The van der Waals surface area contributed by atoms with Crippen LogP contribution in [-0.2, 0) is 0 Å². The van der Waals surface area contributed by atoms with E-state index in [0.717, 1.165) is 5.39 Å². The summed E-state index contributed by atoms with van der Waals surface area (Å²) in [6.45, 7) is -3.00. The first-order chi connectivity index (χ1) is 12.6. The predicted octanol–water partition coefficient (Wildman–Crippen LogP) is 4.49. The van der Waals surface area contributed by atoms with E-state index in [0.29, 0.717) is 11.2 Å². The Morgan fingerprint density at radius 2 is 1.88 bits per heavy atom. The Kier molecular flexibility index (Phi) is 5.12. The first kappa shape index (κ1) is 17.4. The summed E-state index contributed by atoms with van der Waals surface area (Å²) in [5, 5.41) is 6.13. The van der Waals surface area contributed by atoms with Crippen molar-refractivity contribution in [3.63, 3.8) is 0 Å². The third-order valence-corrected chi connectivity index (χ3v) is 3.52. The van der Waals surface area contributed by atoms with Gasteiger partial charge < -0.3 is 20.1 Å².